The van der Waals surface area contributed by atoms with Crippen LogP contribution in [0.3, 0.4) is 0 Å². The van der Waals surface area contributed by atoms with Crippen molar-refractivity contribution in [2.45, 2.75) is 25.3 Å². The van der Waals surface area contributed by atoms with Crippen LogP contribution in [0.25, 0.3) is 11.1 Å². The molecule has 0 amide bonds. The molecule has 0 saturated heterocycles. The van der Waals surface area contributed by atoms with Crippen LogP contribution in [0.1, 0.15) is 30.9 Å². The van der Waals surface area contributed by atoms with Crippen molar-refractivity contribution in [1.29, 1.82) is 0 Å². The van der Waals surface area contributed by atoms with Crippen molar-refractivity contribution >= 4 is 11.9 Å². The molecule has 26 heavy (non-hydrogen) atoms. The third-order valence-electron chi connectivity index (χ3n) is 6.10. The van der Waals surface area contributed by atoms with E-state index >= 15 is 0 Å². The summed E-state index contributed by atoms with van der Waals surface area (Å²) in [6, 6.07) is 16.1. The SMILES string of the molecule is CC1(C)C(C(=O)OCC2c3ccccc3-c3ccccc32)C1(N)C(=O)O. The predicted molar refractivity (Wildman–Crippen MR) is 96.5 cm³/mol. The van der Waals surface area contributed by atoms with E-state index in [0.717, 1.165) is 22.3 Å². The number of aliphatic carboxylic acids is 1. The summed E-state index contributed by atoms with van der Waals surface area (Å²) in [4.78, 5) is 24.0. The third-order valence-corrected chi connectivity index (χ3v) is 6.10. The molecule has 0 aromatic heterocycles. The van der Waals surface area contributed by atoms with Gasteiger partial charge < -0.3 is 15.6 Å². The van der Waals surface area contributed by atoms with Crippen molar-refractivity contribution in [3.05, 3.63) is 59.7 Å². The van der Waals surface area contributed by atoms with Crippen molar-refractivity contribution in [3.8, 4) is 11.1 Å². The van der Waals surface area contributed by atoms with E-state index < -0.39 is 28.8 Å². The van der Waals surface area contributed by atoms with Crippen LogP contribution < -0.4 is 5.73 Å². The Bertz CT molecular complexity index is 874. The molecular formula is C21H21NO4. The van der Waals surface area contributed by atoms with Gasteiger partial charge in [-0.3, -0.25) is 9.59 Å². The lowest BCUT2D eigenvalue weighted by Crippen LogP contribution is -2.40. The predicted octanol–water partition coefficient (Wildman–Crippen LogP) is 2.78. The molecule has 134 valence electrons. The average molecular weight is 351 g/mol. The first-order valence-corrected chi connectivity index (χ1v) is 8.67. The van der Waals surface area contributed by atoms with Crippen LogP contribution in [0.4, 0.5) is 0 Å². The summed E-state index contributed by atoms with van der Waals surface area (Å²) >= 11 is 0. The highest BCUT2D eigenvalue weighted by atomic mass is 16.5. The van der Waals surface area contributed by atoms with E-state index in [-0.39, 0.29) is 12.5 Å². The lowest BCUT2D eigenvalue weighted by Gasteiger charge is -2.14. The van der Waals surface area contributed by atoms with Gasteiger partial charge in [0.05, 0.1) is 5.92 Å². The minimum atomic E-state index is -1.56. The number of esters is 1. The number of benzene rings is 2. The van der Waals surface area contributed by atoms with Gasteiger partial charge in [-0.1, -0.05) is 62.4 Å². The van der Waals surface area contributed by atoms with E-state index in [1.165, 1.54) is 0 Å². The Morgan fingerprint density at radius 2 is 1.54 bits per heavy atom. The Morgan fingerprint density at radius 3 is 2.00 bits per heavy atom. The molecule has 2 aliphatic rings. The smallest absolute Gasteiger partial charge is 0.325 e. The third kappa shape index (κ3) is 2.07. The lowest BCUT2D eigenvalue weighted by molar-refractivity contribution is -0.149. The van der Waals surface area contributed by atoms with Crippen LogP contribution in [-0.2, 0) is 14.3 Å². The summed E-state index contributed by atoms with van der Waals surface area (Å²) in [5.41, 5.74) is 8.10. The molecule has 4 rings (SSSR count). The van der Waals surface area contributed by atoms with Crippen LogP contribution >= 0.6 is 0 Å². The topological polar surface area (TPSA) is 89.6 Å². The Hall–Kier alpha value is -2.66. The van der Waals surface area contributed by atoms with Crippen LogP contribution in [0.15, 0.2) is 48.5 Å². The van der Waals surface area contributed by atoms with Gasteiger partial charge >= 0.3 is 11.9 Å². The van der Waals surface area contributed by atoms with Gasteiger partial charge in [0.1, 0.15) is 12.1 Å². The van der Waals surface area contributed by atoms with E-state index in [9.17, 15) is 14.7 Å². The van der Waals surface area contributed by atoms with Gasteiger partial charge in [0.15, 0.2) is 0 Å². The Labute approximate surface area is 151 Å². The number of rotatable bonds is 4. The summed E-state index contributed by atoms with van der Waals surface area (Å²) in [6.45, 7) is 3.55. The summed E-state index contributed by atoms with van der Waals surface area (Å²) in [5.74, 6) is -2.59. The molecule has 0 spiro atoms. The summed E-state index contributed by atoms with van der Waals surface area (Å²) in [6.07, 6.45) is 0. The molecule has 3 N–H and O–H groups in total. The van der Waals surface area contributed by atoms with Crippen LogP contribution in [-0.4, -0.2) is 29.2 Å². The second-order valence-corrected chi connectivity index (χ2v) is 7.69. The van der Waals surface area contributed by atoms with Crippen molar-refractivity contribution < 1.29 is 19.4 Å². The molecule has 2 aromatic carbocycles. The molecule has 2 unspecified atom stereocenters. The van der Waals surface area contributed by atoms with E-state index in [2.05, 4.69) is 12.1 Å². The fraction of sp³-hybridized carbons (Fsp3) is 0.333. The quantitative estimate of drug-likeness (QED) is 0.827. The van der Waals surface area contributed by atoms with Crippen LogP contribution in [0, 0.1) is 11.3 Å². The molecule has 5 heteroatoms. The standard InChI is InChI=1S/C21H21NO4/c1-20(2)17(21(20,22)19(24)25)18(23)26-11-16-14-9-5-3-7-12(14)13-8-4-6-10-15(13)16/h3-10,16-17H,11,22H2,1-2H3,(H,24,25). The molecule has 5 nitrogen and oxygen atoms in total. The van der Waals surface area contributed by atoms with Crippen molar-refractivity contribution in [1.82, 2.24) is 0 Å². The average Bonchev–Trinajstić information content (AvgIpc) is 2.94. The van der Waals surface area contributed by atoms with Crippen LogP contribution in [0.5, 0.6) is 0 Å². The molecule has 1 saturated carbocycles. The summed E-state index contributed by atoms with van der Waals surface area (Å²) in [7, 11) is 0. The normalized spacial score (nSPS) is 25.3. The van der Waals surface area contributed by atoms with Crippen LogP contribution in [0.2, 0.25) is 0 Å². The molecular weight excluding hydrogens is 330 g/mol. The lowest BCUT2D eigenvalue weighted by atomic mass is 9.98. The van der Waals surface area contributed by atoms with E-state index in [0.29, 0.717) is 0 Å². The minimum Gasteiger partial charge on any atom is -0.480 e. The monoisotopic (exact) mass is 351 g/mol. The molecule has 1 fully saturated rings. The minimum absolute atomic E-state index is 0.0507. The second-order valence-electron chi connectivity index (χ2n) is 7.69. The Kier molecular flexibility index (Phi) is 3.50. The number of fused-ring (bicyclic) bond motifs is 3. The zero-order chi connectivity index (χ0) is 18.7. The largest absolute Gasteiger partial charge is 0.480 e. The molecule has 0 heterocycles. The highest BCUT2D eigenvalue weighted by Gasteiger charge is 2.78. The van der Waals surface area contributed by atoms with Gasteiger partial charge in [0.25, 0.3) is 0 Å². The molecule has 2 atom stereocenters. The van der Waals surface area contributed by atoms with Crippen molar-refractivity contribution in [2.24, 2.45) is 17.1 Å². The maximum absolute atomic E-state index is 12.6. The van der Waals surface area contributed by atoms with Gasteiger partial charge in [-0.15, -0.1) is 0 Å². The van der Waals surface area contributed by atoms with Gasteiger partial charge in [-0.25, -0.2) is 0 Å². The Balaban J connectivity index is 1.56. The second kappa shape index (κ2) is 5.42. The number of hydrogen-bond donors (Lipinski definition) is 2. The molecule has 2 aliphatic carbocycles. The van der Waals surface area contributed by atoms with Gasteiger partial charge in [-0.05, 0) is 22.3 Å². The number of hydrogen-bond acceptors (Lipinski definition) is 4. The molecule has 0 radical (unpaired) electrons. The number of nitrogens with two attached hydrogens (primary N) is 1. The number of ether oxygens (including phenoxy) is 1. The molecule has 0 aliphatic heterocycles. The van der Waals surface area contributed by atoms with E-state index in [1.54, 1.807) is 13.8 Å². The van der Waals surface area contributed by atoms with E-state index in [4.69, 9.17) is 10.5 Å². The zero-order valence-corrected chi connectivity index (χ0v) is 14.7. The summed E-state index contributed by atoms with van der Waals surface area (Å²) < 4.78 is 5.56. The number of carbonyl (C=O) groups excluding carboxylic acids is 1. The maximum atomic E-state index is 12.6. The molecule has 2 aromatic rings. The summed E-state index contributed by atoms with van der Waals surface area (Å²) in [5, 5.41) is 9.37. The zero-order valence-electron chi connectivity index (χ0n) is 14.7. The highest BCUT2D eigenvalue weighted by Crippen LogP contribution is 2.60. The highest BCUT2D eigenvalue weighted by molar-refractivity contribution is 5.96. The fourth-order valence-corrected chi connectivity index (χ4v) is 4.36. The van der Waals surface area contributed by atoms with Crippen molar-refractivity contribution in [2.75, 3.05) is 6.61 Å². The van der Waals surface area contributed by atoms with E-state index in [1.807, 2.05) is 36.4 Å². The number of carboxylic acids is 1. The molecule has 0 bridgehead atoms. The maximum Gasteiger partial charge on any atom is 0.325 e. The van der Waals surface area contributed by atoms with Crippen molar-refractivity contribution in [3.63, 3.8) is 0 Å². The fourth-order valence-electron chi connectivity index (χ4n) is 4.36. The number of carbonyl (C=O) groups is 2. The first-order valence-electron chi connectivity index (χ1n) is 8.67. The van der Waals surface area contributed by atoms with Gasteiger partial charge in [-0.2, -0.15) is 0 Å². The first-order chi connectivity index (χ1) is 12.3. The van der Waals surface area contributed by atoms with Gasteiger partial charge in [0.2, 0.25) is 0 Å². The van der Waals surface area contributed by atoms with Gasteiger partial charge in [0, 0.05) is 11.3 Å². The number of carboxylic acid groups (broad SMARTS) is 1. The Morgan fingerprint density at radius 1 is 1.04 bits per heavy atom. The first kappa shape index (κ1) is 16.8.